The summed E-state index contributed by atoms with van der Waals surface area (Å²) in [6.45, 7) is 5.32. The van der Waals surface area contributed by atoms with Crippen LogP contribution in [0.5, 0.6) is 0 Å². The summed E-state index contributed by atoms with van der Waals surface area (Å²) < 4.78 is 2.04. The normalized spacial score (nSPS) is 18.2. The number of aromatic nitrogens is 4. The lowest BCUT2D eigenvalue weighted by molar-refractivity contribution is -0.130. The Kier molecular flexibility index (Phi) is 4.41. The lowest BCUT2D eigenvalue weighted by Gasteiger charge is -2.32. The second kappa shape index (κ2) is 6.48. The van der Waals surface area contributed by atoms with Gasteiger partial charge in [0, 0.05) is 39.5 Å². The summed E-state index contributed by atoms with van der Waals surface area (Å²) in [6, 6.07) is 0. The molecular formula is C17H23N5O. The first-order chi connectivity index (χ1) is 11.1. The van der Waals surface area contributed by atoms with Gasteiger partial charge in [0.2, 0.25) is 5.91 Å². The number of hydrogen-bond acceptors (Lipinski definition) is 4. The molecule has 3 heterocycles. The van der Waals surface area contributed by atoms with Crippen LogP contribution in [0.1, 0.15) is 31.3 Å². The molecule has 0 saturated carbocycles. The first-order valence-electron chi connectivity index (χ1n) is 8.10. The van der Waals surface area contributed by atoms with Crippen LogP contribution in [0, 0.1) is 12.8 Å². The van der Waals surface area contributed by atoms with E-state index in [1.807, 2.05) is 29.6 Å². The summed E-state index contributed by atoms with van der Waals surface area (Å²) in [6.07, 6.45) is 8.36. The predicted octanol–water partition coefficient (Wildman–Crippen LogP) is 1.99. The number of carbonyl (C=O) groups excluding carboxylic acids is 1. The molecule has 1 saturated heterocycles. The fourth-order valence-electron chi connectivity index (χ4n) is 3.24. The zero-order valence-electron chi connectivity index (χ0n) is 14.0. The fraction of sp³-hybridized carbons (Fsp3) is 0.529. The van der Waals surface area contributed by atoms with Crippen LogP contribution < -0.4 is 0 Å². The zero-order valence-corrected chi connectivity index (χ0v) is 14.0. The van der Waals surface area contributed by atoms with E-state index in [1.54, 1.807) is 19.3 Å². The van der Waals surface area contributed by atoms with E-state index in [0.717, 1.165) is 55.3 Å². The van der Waals surface area contributed by atoms with E-state index in [0.29, 0.717) is 5.92 Å². The molecule has 0 aromatic carbocycles. The van der Waals surface area contributed by atoms with E-state index in [-0.39, 0.29) is 5.91 Å². The summed E-state index contributed by atoms with van der Waals surface area (Å²) >= 11 is 0. The minimum Gasteiger partial charge on any atom is -0.343 e. The Morgan fingerprint density at radius 3 is 2.78 bits per heavy atom. The highest BCUT2D eigenvalue weighted by Crippen LogP contribution is 2.26. The van der Waals surface area contributed by atoms with Crippen molar-refractivity contribution in [2.24, 2.45) is 13.0 Å². The molecule has 1 unspecified atom stereocenters. The molecule has 6 heteroatoms. The third-order valence-electron chi connectivity index (χ3n) is 4.68. The zero-order chi connectivity index (χ0) is 16.4. The minimum atomic E-state index is 0.163. The van der Waals surface area contributed by atoms with Crippen LogP contribution >= 0.6 is 0 Å². The van der Waals surface area contributed by atoms with Gasteiger partial charge in [0.05, 0.1) is 17.6 Å². The highest BCUT2D eigenvalue weighted by Gasteiger charge is 2.24. The summed E-state index contributed by atoms with van der Waals surface area (Å²) in [5, 5.41) is 0. The van der Waals surface area contributed by atoms with Gasteiger partial charge in [-0.2, -0.15) is 0 Å². The van der Waals surface area contributed by atoms with Gasteiger partial charge in [0.15, 0.2) is 0 Å². The van der Waals surface area contributed by atoms with Crippen molar-refractivity contribution in [3.8, 4) is 11.4 Å². The highest BCUT2D eigenvalue weighted by molar-refractivity contribution is 5.73. The van der Waals surface area contributed by atoms with Gasteiger partial charge in [-0.05, 0) is 32.1 Å². The maximum atomic E-state index is 11.6. The van der Waals surface area contributed by atoms with E-state index < -0.39 is 0 Å². The first kappa shape index (κ1) is 15.6. The van der Waals surface area contributed by atoms with Gasteiger partial charge in [0.1, 0.15) is 11.5 Å². The summed E-state index contributed by atoms with van der Waals surface area (Å²) in [4.78, 5) is 27.0. The summed E-state index contributed by atoms with van der Waals surface area (Å²) in [5.74, 6) is 1.56. The molecule has 1 amide bonds. The van der Waals surface area contributed by atoms with Crippen LogP contribution in [0.25, 0.3) is 11.4 Å². The van der Waals surface area contributed by atoms with Gasteiger partial charge in [-0.3, -0.25) is 14.8 Å². The van der Waals surface area contributed by atoms with E-state index in [1.165, 1.54) is 0 Å². The number of piperidine rings is 1. The average Bonchev–Trinajstić information content (AvgIpc) is 2.88. The lowest BCUT2D eigenvalue weighted by atomic mass is 9.92. The van der Waals surface area contributed by atoms with Crippen molar-refractivity contribution in [2.75, 3.05) is 13.1 Å². The molecule has 0 bridgehead atoms. The molecule has 23 heavy (non-hydrogen) atoms. The molecular weight excluding hydrogens is 290 g/mol. The molecule has 1 aliphatic rings. The van der Waals surface area contributed by atoms with Crippen LogP contribution in [0.3, 0.4) is 0 Å². The van der Waals surface area contributed by atoms with Crippen molar-refractivity contribution in [3.05, 3.63) is 30.1 Å². The van der Waals surface area contributed by atoms with Gasteiger partial charge in [-0.25, -0.2) is 4.98 Å². The van der Waals surface area contributed by atoms with Crippen molar-refractivity contribution in [1.82, 2.24) is 24.4 Å². The molecule has 122 valence electrons. The third-order valence-corrected chi connectivity index (χ3v) is 4.68. The number of carbonyl (C=O) groups is 1. The van der Waals surface area contributed by atoms with Crippen molar-refractivity contribution in [3.63, 3.8) is 0 Å². The second-order valence-electron chi connectivity index (χ2n) is 6.28. The molecule has 1 aliphatic heterocycles. The molecule has 2 aromatic heterocycles. The molecule has 0 N–H and O–H groups in total. The number of rotatable bonds is 3. The maximum Gasteiger partial charge on any atom is 0.219 e. The van der Waals surface area contributed by atoms with Gasteiger partial charge in [-0.1, -0.05) is 0 Å². The Labute approximate surface area is 136 Å². The number of likely N-dealkylation sites (tertiary alicyclic amines) is 1. The van der Waals surface area contributed by atoms with Crippen molar-refractivity contribution >= 4 is 5.91 Å². The van der Waals surface area contributed by atoms with E-state index in [9.17, 15) is 4.79 Å². The van der Waals surface area contributed by atoms with Crippen LogP contribution in [-0.4, -0.2) is 43.4 Å². The molecule has 0 radical (unpaired) electrons. The van der Waals surface area contributed by atoms with Crippen molar-refractivity contribution in [2.45, 2.75) is 33.1 Å². The Bertz CT molecular complexity index is 709. The Hall–Kier alpha value is -2.24. The van der Waals surface area contributed by atoms with E-state index in [2.05, 4.69) is 15.0 Å². The van der Waals surface area contributed by atoms with Crippen molar-refractivity contribution in [1.29, 1.82) is 0 Å². The number of nitrogens with zero attached hydrogens (tertiary/aromatic N) is 5. The lowest BCUT2D eigenvalue weighted by Crippen LogP contribution is -2.39. The number of amides is 1. The standard InChI is InChI=1S/C17H23N5O/c1-12-20-10-16(21(12)3)17-15(18-6-7-19-17)9-14-5-4-8-22(11-14)13(2)23/h6-7,10,14H,4-5,8-9,11H2,1-3H3. The van der Waals surface area contributed by atoms with E-state index in [4.69, 9.17) is 0 Å². The van der Waals surface area contributed by atoms with Crippen LogP contribution in [0.2, 0.25) is 0 Å². The molecule has 1 atom stereocenters. The monoisotopic (exact) mass is 313 g/mol. The summed E-state index contributed by atoms with van der Waals surface area (Å²) in [5.41, 5.74) is 2.88. The number of imidazole rings is 1. The Balaban J connectivity index is 1.84. The van der Waals surface area contributed by atoms with E-state index >= 15 is 0 Å². The highest BCUT2D eigenvalue weighted by atomic mass is 16.2. The quantitative estimate of drug-likeness (QED) is 0.869. The molecule has 0 aliphatic carbocycles. The molecule has 6 nitrogen and oxygen atoms in total. The smallest absolute Gasteiger partial charge is 0.219 e. The summed E-state index contributed by atoms with van der Waals surface area (Å²) in [7, 11) is 1.99. The van der Waals surface area contributed by atoms with Crippen LogP contribution in [0.15, 0.2) is 18.6 Å². The van der Waals surface area contributed by atoms with Gasteiger partial charge < -0.3 is 9.47 Å². The number of hydrogen-bond donors (Lipinski definition) is 0. The SMILES string of the molecule is CC(=O)N1CCCC(Cc2nccnc2-c2cnc(C)n2C)C1. The maximum absolute atomic E-state index is 11.6. The minimum absolute atomic E-state index is 0.163. The third kappa shape index (κ3) is 3.25. The second-order valence-corrected chi connectivity index (χ2v) is 6.28. The van der Waals surface area contributed by atoms with Crippen LogP contribution in [0.4, 0.5) is 0 Å². The van der Waals surface area contributed by atoms with Gasteiger partial charge in [0.25, 0.3) is 0 Å². The molecule has 3 rings (SSSR count). The largest absolute Gasteiger partial charge is 0.343 e. The van der Waals surface area contributed by atoms with Gasteiger partial charge in [-0.15, -0.1) is 0 Å². The van der Waals surface area contributed by atoms with Gasteiger partial charge >= 0.3 is 0 Å². The topological polar surface area (TPSA) is 63.9 Å². The van der Waals surface area contributed by atoms with Crippen LogP contribution in [-0.2, 0) is 18.3 Å². The van der Waals surface area contributed by atoms with Crippen molar-refractivity contribution < 1.29 is 4.79 Å². The Morgan fingerprint density at radius 2 is 2.09 bits per heavy atom. The molecule has 2 aromatic rings. The Morgan fingerprint density at radius 1 is 1.30 bits per heavy atom. The fourth-order valence-corrected chi connectivity index (χ4v) is 3.24. The molecule has 0 spiro atoms. The number of aryl methyl sites for hydroxylation is 1. The first-order valence-corrected chi connectivity index (χ1v) is 8.10. The molecule has 1 fully saturated rings. The average molecular weight is 313 g/mol. The predicted molar refractivity (Wildman–Crippen MR) is 87.7 cm³/mol.